The zero-order chi connectivity index (χ0) is 17.0. The second-order valence-electron chi connectivity index (χ2n) is 7.43. The lowest BCUT2D eigenvalue weighted by atomic mass is 10.0. The van der Waals surface area contributed by atoms with E-state index in [1.54, 1.807) is 0 Å². The second-order valence-corrected chi connectivity index (χ2v) is 8.25. The number of hydrogen-bond donors (Lipinski definition) is 1. The summed E-state index contributed by atoms with van der Waals surface area (Å²) in [5, 5.41) is 9.03. The number of ether oxygens (including phenoxy) is 1. The minimum absolute atomic E-state index is 0. The van der Waals surface area contributed by atoms with Gasteiger partial charge in [0.05, 0.1) is 22.8 Å². The molecule has 7 heteroatoms. The van der Waals surface area contributed by atoms with Crippen LogP contribution in [0.15, 0.2) is 22.7 Å². The predicted octanol–water partition coefficient (Wildman–Crippen LogP) is 5.41. The SMILES string of the molecule is Clc1cccc(Cl)c1-c1noc(C2CC2)c1CO[C@@H]1C[C@@H]2C[C@H]1CN2.I. The maximum atomic E-state index is 6.40. The Kier molecular flexibility index (Phi) is 5.54. The number of halogens is 3. The van der Waals surface area contributed by atoms with E-state index in [1.807, 2.05) is 18.2 Å². The molecule has 0 radical (unpaired) electrons. The van der Waals surface area contributed by atoms with E-state index < -0.39 is 0 Å². The summed E-state index contributed by atoms with van der Waals surface area (Å²) in [5.41, 5.74) is 2.50. The first-order valence-corrected chi connectivity index (χ1v) is 9.74. The monoisotopic (exact) mass is 506 g/mol. The summed E-state index contributed by atoms with van der Waals surface area (Å²) < 4.78 is 12.0. The number of fused-ring (bicyclic) bond motifs is 2. The summed E-state index contributed by atoms with van der Waals surface area (Å²) in [5.74, 6) is 2.04. The Balaban J connectivity index is 0.00000168. The number of aromatic nitrogens is 1. The van der Waals surface area contributed by atoms with Crippen LogP contribution in [-0.4, -0.2) is 23.8 Å². The summed E-state index contributed by atoms with van der Waals surface area (Å²) in [4.78, 5) is 0. The van der Waals surface area contributed by atoms with Gasteiger partial charge < -0.3 is 14.6 Å². The average Bonchev–Trinajstić information content (AvgIpc) is 3.03. The van der Waals surface area contributed by atoms with Gasteiger partial charge in [-0.05, 0) is 43.7 Å². The molecule has 1 aliphatic heterocycles. The molecule has 1 N–H and O–H groups in total. The fourth-order valence-electron chi connectivity index (χ4n) is 4.23. The minimum atomic E-state index is 0. The molecule has 5 rings (SSSR count). The van der Waals surface area contributed by atoms with Crippen molar-refractivity contribution in [2.75, 3.05) is 6.54 Å². The summed E-state index contributed by atoms with van der Waals surface area (Å²) in [7, 11) is 0. The first kappa shape index (κ1) is 19.0. The van der Waals surface area contributed by atoms with Crippen molar-refractivity contribution in [1.29, 1.82) is 0 Å². The molecule has 3 aliphatic rings. The Labute approximate surface area is 179 Å². The molecule has 0 spiro atoms. The third-order valence-corrected chi connectivity index (χ3v) is 6.34. The van der Waals surface area contributed by atoms with E-state index in [0.717, 1.165) is 48.4 Å². The molecule has 0 unspecified atom stereocenters. The van der Waals surface area contributed by atoms with Crippen LogP contribution >= 0.6 is 47.2 Å². The van der Waals surface area contributed by atoms with Crippen molar-refractivity contribution in [2.24, 2.45) is 5.92 Å². The smallest absolute Gasteiger partial charge is 0.145 e. The molecule has 2 bridgehead atoms. The first-order valence-electron chi connectivity index (χ1n) is 8.98. The highest BCUT2D eigenvalue weighted by Gasteiger charge is 2.41. The van der Waals surface area contributed by atoms with Gasteiger partial charge in [0.25, 0.3) is 0 Å². The number of nitrogens with zero attached hydrogens (tertiary/aromatic N) is 1. The molecule has 2 saturated carbocycles. The third kappa shape index (κ3) is 3.41. The molecule has 3 fully saturated rings. The van der Waals surface area contributed by atoms with E-state index in [0.29, 0.717) is 40.6 Å². The zero-order valence-electron chi connectivity index (χ0n) is 14.2. The number of rotatable bonds is 5. The van der Waals surface area contributed by atoms with Gasteiger partial charge in [0.2, 0.25) is 0 Å². The van der Waals surface area contributed by atoms with Crippen molar-refractivity contribution in [2.45, 2.75) is 50.4 Å². The van der Waals surface area contributed by atoms with Gasteiger partial charge in [0.1, 0.15) is 11.5 Å². The van der Waals surface area contributed by atoms with E-state index in [-0.39, 0.29) is 24.0 Å². The predicted molar refractivity (Wildman–Crippen MR) is 112 cm³/mol. The van der Waals surface area contributed by atoms with Crippen molar-refractivity contribution in [3.8, 4) is 11.3 Å². The van der Waals surface area contributed by atoms with Crippen LogP contribution < -0.4 is 5.32 Å². The first-order chi connectivity index (χ1) is 12.2. The van der Waals surface area contributed by atoms with Crippen LogP contribution in [0.2, 0.25) is 10.0 Å². The number of piperidine rings is 1. The van der Waals surface area contributed by atoms with Crippen LogP contribution in [0.4, 0.5) is 0 Å². The molecule has 1 saturated heterocycles. The van der Waals surface area contributed by atoms with Crippen LogP contribution in [0.25, 0.3) is 11.3 Å². The molecule has 2 aliphatic carbocycles. The summed E-state index contributed by atoms with van der Waals surface area (Å²) >= 11 is 12.8. The quantitative estimate of drug-likeness (QED) is 0.551. The van der Waals surface area contributed by atoms with Crippen LogP contribution in [0.3, 0.4) is 0 Å². The average molecular weight is 507 g/mol. The van der Waals surface area contributed by atoms with Gasteiger partial charge in [-0.15, -0.1) is 24.0 Å². The van der Waals surface area contributed by atoms with E-state index >= 15 is 0 Å². The molecule has 140 valence electrons. The van der Waals surface area contributed by atoms with Gasteiger partial charge in [0, 0.05) is 29.6 Å². The van der Waals surface area contributed by atoms with Crippen molar-refractivity contribution in [3.63, 3.8) is 0 Å². The van der Waals surface area contributed by atoms with Crippen molar-refractivity contribution >= 4 is 47.2 Å². The number of nitrogens with one attached hydrogen (secondary N) is 1. The van der Waals surface area contributed by atoms with Crippen LogP contribution in [0, 0.1) is 5.92 Å². The maximum Gasteiger partial charge on any atom is 0.145 e. The topological polar surface area (TPSA) is 47.3 Å². The molecule has 2 aromatic rings. The van der Waals surface area contributed by atoms with E-state index in [2.05, 4.69) is 10.5 Å². The van der Waals surface area contributed by atoms with Gasteiger partial charge >= 0.3 is 0 Å². The Morgan fingerprint density at radius 1 is 1.19 bits per heavy atom. The molecule has 26 heavy (non-hydrogen) atoms. The normalized spacial score (nSPS) is 26.9. The Morgan fingerprint density at radius 2 is 1.96 bits per heavy atom. The molecular formula is C19H21Cl2IN2O2. The van der Waals surface area contributed by atoms with Crippen LogP contribution in [0.5, 0.6) is 0 Å². The molecule has 3 atom stereocenters. The maximum absolute atomic E-state index is 6.40. The Bertz CT molecular complexity index is 789. The molecular weight excluding hydrogens is 486 g/mol. The second kappa shape index (κ2) is 7.59. The van der Waals surface area contributed by atoms with Crippen molar-refractivity contribution in [3.05, 3.63) is 39.6 Å². The summed E-state index contributed by atoms with van der Waals surface area (Å²) in [6.07, 6.45) is 4.94. The minimum Gasteiger partial charge on any atom is -0.373 e. The van der Waals surface area contributed by atoms with Gasteiger partial charge in [-0.1, -0.05) is 34.4 Å². The Hall–Kier alpha value is -0.340. The fourth-order valence-corrected chi connectivity index (χ4v) is 4.80. The largest absolute Gasteiger partial charge is 0.373 e. The van der Waals surface area contributed by atoms with E-state index in [9.17, 15) is 0 Å². The fraction of sp³-hybridized carbons (Fsp3) is 0.526. The van der Waals surface area contributed by atoms with Crippen molar-refractivity contribution < 1.29 is 9.26 Å². The highest BCUT2D eigenvalue weighted by molar-refractivity contribution is 14.0. The zero-order valence-corrected chi connectivity index (χ0v) is 18.1. The van der Waals surface area contributed by atoms with Crippen LogP contribution in [-0.2, 0) is 11.3 Å². The van der Waals surface area contributed by atoms with Gasteiger partial charge in [0.15, 0.2) is 0 Å². The molecule has 0 amide bonds. The molecule has 1 aromatic carbocycles. The number of hydrogen-bond acceptors (Lipinski definition) is 4. The third-order valence-electron chi connectivity index (χ3n) is 5.71. The lowest BCUT2D eigenvalue weighted by molar-refractivity contribution is 0.00914. The highest BCUT2D eigenvalue weighted by Crippen LogP contribution is 2.46. The lowest BCUT2D eigenvalue weighted by Gasteiger charge is -2.23. The molecule has 4 nitrogen and oxygen atoms in total. The lowest BCUT2D eigenvalue weighted by Crippen LogP contribution is -2.34. The molecule has 1 aromatic heterocycles. The highest BCUT2D eigenvalue weighted by atomic mass is 127. The van der Waals surface area contributed by atoms with Gasteiger partial charge in [-0.2, -0.15) is 0 Å². The summed E-state index contributed by atoms with van der Waals surface area (Å²) in [6, 6.07) is 6.13. The summed E-state index contributed by atoms with van der Waals surface area (Å²) in [6.45, 7) is 1.58. The van der Waals surface area contributed by atoms with Gasteiger partial charge in [-0.3, -0.25) is 0 Å². The van der Waals surface area contributed by atoms with Gasteiger partial charge in [-0.25, -0.2) is 0 Å². The standard InChI is InChI=1S/C19H20Cl2N2O2.HI/c20-14-2-1-3-15(21)17(14)18-13(19(25-23-18)10-4-5-10)9-24-16-7-12-6-11(16)8-22-12;/h1-3,10-12,16,22H,4-9H2;1H/t11-,12-,16+;/m0./s1. The molecule has 2 heterocycles. The Morgan fingerprint density at radius 3 is 2.58 bits per heavy atom. The number of benzene rings is 1. The van der Waals surface area contributed by atoms with Crippen molar-refractivity contribution in [1.82, 2.24) is 10.5 Å². The van der Waals surface area contributed by atoms with E-state index in [4.69, 9.17) is 32.5 Å². The van der Waals surface area contributed by atoms with E-state index in [1.165, 1.54) is 6.42 Å². The van der Waals surface area contributed by atoms with Crippen LogP contribution in [0.1, 0.15) is 42.9 Å².